The number of aromatic nitrogens is 2. The molecule has 1 aliphatic carbocycles. The minimum Gasteiger partial charge on any atom is -0.369 e. The Kier molecular flexibility index (Phi) is 8.14. The van der Waals surface area contributed by atoms with E-state index in [1.807, 2.05) is 6.07 Å². The topological polar surface area (TPSA) is 127 Å². The molecule has 5 N–H and O–H groups in total. The summed E-state index contributed by atoms with van der Waals surface area (Å²) in [7, 11) is -3.19. The molecule has 0 bridgehead atoms. The second kappa shape index (κ2) is 9.18. The van der Waals surface area contributed by atoms with Crippen molar-refractivity contribution in [3.63, 3.8) is 0 Å². The van der Waals surface area contributed by atoms with Gasteiger partial charge in [0.2, 0.25) is 16.0 Å². The molecule has 25 heavy (non-hydrogen) atoms. The Hall–Kier alpha value is -0.870. The molecule has 0 amide bonds. The van der Waals surface area contributed by atoms with Crippen molar-refractivity contribution >= 4 is 46.6 Å². The molecule has 1 aromatic heterocycles. The van der Waals surface area contributed by atoms with Crippen molar-refractivity contribution in [3.8, 4) is 0 Å². The lowest BCUT2D eigenvalue weighted by Gasteiger charge is -2.32. The van der Waals surface area contributed by atoms with Crippen LogP contribution in [0.1, 0.15) is 37.3 Å². The number of rotatable bonds is 6. The van der Waals surface area contributed by atoms with Crippen LogP contribution >= 0.6 is 24.8 Å². The number of hydrogen-bond donors (Lipinski definition) is 3. The molecule has 0 aromatic carbocycles. The second-order valence-corrected chi connectivity index (χ2v) is 8.40. The lowest BCUT2D eigenvalue weighted by Crippen LogP contribution is -2.35. The third-order valence-electron chi connectivity index (χ3n) is 4.48. The standard InChI is InChI=1S/C14H24N6O2S.2ClH/c15-11-7-10(8-11)12-9-13(19-14(16)18-12)17-3-6-23(21,22)20-4-1-2-5-20;;/h9-11H,1-8,15H2,(H3,16,17,18,19);2*1H. The molecule has 1 saturated carbocycles. The highest BCUT2D eigenvalue weighted by atomic mass is 35.5. The number of hydrogen-bond acceptors (Lipinski definition) is 7. The molecular formula is C14H26Cl2N6O2S. The average Bonchev–Trinajstić information content (AvgIpc) is 2.98. The first kappa shape index (κ1) is 22.2. The molecule has 0 atom stereocenters. The van der Waals surface area contributed by atoms with Gasteiger partial charge in [-0.3, -0.25) is 0 Å². The van der Waals surface area contributed by atoms with Crippen molar-refractivity contribution in [3.05, 3.63) is 11.8 Å². The normalized spacial score (nSPS) is 23.2. The highest BCUT2D eigenvalue weighted by Gasteiger charge is 2.29. The number of halogens is 2. The summed E-state index contributed by atoms with van der Waals surface area (Å²) < 4.78 is 25.9. The molecular weight excluding hydrogens is 387 g/mol. The molecule has 144 valence electrons. The average molecular weight is 413 g/mol. The van der Waals surface area contributed by atoms with Crippen LogP contribution in [0, 0.1) is 0 Å². The van der Waals surface area contributed by atoms with E-state index < -0.39 is 10.0 Å². The Morgan fingerprint density at radius 1 is 1.20 bits per heavy atom. The maximum Gasteiger partial charge on any atom is 0.222 e. The van der Waals surface area contributed by atoms with Gasteiger partial charge in [0.1, 0.15) is 5.82 Å². The fraction of sp³-hybridized carbons (Fsp3) is 0.714. The Bertz CT molecular complexity index is 663. The Balaban J connectivity index is 0.00000156. The molecule has 0 spiro atoms. The predicted octanol–water partition coefficient (Wildman–Crippen LogP) is 0.945. The predicted molar refractivity (Wildman–Crippen MR) is 104 cm³/mol. The molecule has 1 aliphatic heterocycles. The van der Waals surface area contributed by atoms with Gasteiger partial charge in [-0.15, -0.1) is 24.8 Å². The van der Waals surface area contributed by atoms with E-state index in [0.29, 0.717) is 31.4 Å². The third-order valence-corrected chi connectivity index (χ3v) is 6.35. The zero-order valence-corrected chi connectivity index (χ0v) is 16.4. The number of anilines is 2. The zero-order valence-electron chi connectivity index (χ0n) is 13.9. The third kappa shape index (κ3) is 5.55. The smallest absolute Gasteiger partial charge is 0.222 e. The molecule has 0 radical (unpaired) electrons. The number of nitrogens with one attached hydrogen (secondary N) is 1. The Morgan fingerprint density at radius 3 is 2.44 bits per heavy atom. The van der Waals surface area contributed by atoms with Crippen LogP contribution in [0.25, 0.3) is 0 Å². The Labute approximate surface area is 161 Å². The van der Waals surface area contributed by atoms with E-state index in [-0.39, 0.29) is 42.6 Å². The van der Waals surface area contributed by atoms with Crippen LogP contribution in [0.5, 0.6) is 0 Å². The van der Waals surface area contributed by atoms with Crippen LogP contribution < -0.4 is 16.8 Å². The Morgan fingerprint density at radius 2 is 1.84 bits per heavy atom. The highest BCUT2D eigenvalue weighted by molar-refractivity contribution is 7.89. The van der Waals surface area contributed by atoms with Crippen LogP contribution in [0.4, 0.5) is 11.8 Å². The fourth-order valence-electron chi connectivity index (χ4n) is 3.09. The molecule has 0 unspecified atom stereocenters. The fourth-order valence-corrected chi connectivity index (χ4v) is 4.52. The van der Waals surface area contributed by atoms with Gasteiger partial charge in [-0.2, -0.15) is 4.98 Å². The summed E-state index contributed by atoms with van der Waals surface area (Å²) in [4.78, 5) is 8.38. The van der Waals surface area contributed by atoms with Crippen LogP contribution in [-0.4, -0.2) is 54.1 Å². The van der Waals surface area contributed by atoms with Crippen molar-refractivity contribution < 1.29 is 8.42 Å². The highest BCUT2D eigenvalue weighted by Crippen LogP contribution is 2.35. The summed E-state index contributed by atoms with van der Waals surface area (Å²) in [6, 6.07) is 2.08. The summed E-state index contributed by atoms with van der Waals surface area (Å²) in [5, 5.41) is 3.05. The van der Waals surface area contributed by atoms with Gasteiger partial charge in [0.05, 0.1) is 11.4 Å². The molecule has 2 aliphatic rings. The van der Waals surface area contributed by atoms with E-state index in [9.17, 15) is 8.42 Å². The molecule has 8 nitrogen and oxygen atoms in total. The summed E-state index contributed by atoms with van der Waals surface area (Å²) in [6.07, 6.45) is 3.70. The lowest BCUT2D eigenvalue weighted by molar-refractivity contribution is 0.345. The molecule has 2 fully saturated rings. The number of nitrogens with zero attached hydrogens (tertiary/aromatic N) is 3. The van der Waals surface area contributed by atoms with E-state index >= 15 is 0 Å². The summed E-state index contributed by atoms with van der Waals surface area (Å²) in [5.41, 5.74) is 12.4. The van der Waals surface area contributed by atoms with Crippen molar-refractivity contribution in [1.82, 2.24) is 14.3 Å². The van der Waals surface area contributed by atoms with E-state index in [0.717, 1.165) is 31.4 Å². The maximum atomic E-state index is 12.2. The van der Waals surface area contributed by atoms with Gasteiger partial charge in [-0.1, -0.05) is 0 Å². The van der Waals surface area contributed by atoms with E-state index in [1.54, 1.807) is 4.31 Å². The van der Waals surface area contributed by atoms with Gasteiger partial charge in [0.25, 0.3) is 0 Å². The van der Waals surface area contributed by atoms with Crippen LogP contribution in [0.15, 0.2) is 6.07 Å². The summed E-state index contributed by atoms with van der Waals surface area (Å²) in [6.45, 7) is 1.57. The van der Waals surface area contributed by atoms with Crippen LogP contribution in [0.2, 0.25) is 0 Å². The summed E-state index contributed by atoms with van der Waals surface area (Å²) in [5.74, 6) is 1.15. The molecule has 2 heterocycles. The minimum atomic E-state index is -3.19. The zero-order chi connectivity index (χ0) is 16.4. The number of nitrogens with two attached hydrogens (primary N) is 2. The van der Waals surface area contributed by atoms with Crippen LogP contribution in [0.3, 0.4) is 0 Å². The lowest BCUT2D eigenvalue weighted by atomic mass is 9.78. The molecule has 1 aromatic rings. The van der Waals surface area contributed by atoms with Crippen LogP contribution in [-0.2, 0) is 10.0 Å². The second-order valence-electron chi connectivity index (χ2n) is 6.31. The van der Waals surface area contributed by atoms with Crippen molar-refractivity contribution in [2.24, 2.45) is 5.73 Å². The SMILES string of the molecule is Cl.Cl.Nc1nc(NCCS(=O)(=O)N2CCCC2)cc(C2CC(N)C2)n1. The van der Waals surface area contributed by atoms with Crippen molar-refractivity contribution in [2.45, 2.75) is 37.6 Å². The van der Waals surface area contributed by atoms with Gasteiger partial charge >= 0.3 is 0 Å². The minimum absolute atomic E-state index is 0. The van der Waals surface area contributed by atoms with Crippen molar-refractivity contribution in [1.29, 1.82) is 0 Å². The van der Waals surface area contributed by atoms with Gasteiger partial charge in [0.15, 0.2) is 0 Å². The van der Waals surface area contributed by atoms with Gasteiger partial charge < -0.3 is 16.8 Å². The maximum absolute atomic E-state index is 12.2. The molecule has 11 heteroatoms. The van der Waals surface area contributed by atoms with Gasteiger partial charge in [-0.25, -0.2) is 17.7 Å². The molecule has 3 rings (SSSR count). The largest absolute Gasteiger partial charge is 0.369 e. The summed E-state index contributed by atoms with van der Waals surface area (Å²) >= 11 is 0. The van der Waals surface area contributed by atoms with E-state index in [2.05, 4.69) is 15.3 Å². The van der Waals surface area contributed by atoms with Gasteiger partial charge in [-0.05, 0) is 25.7 Å². The first-order valence-electron chi connectivity index (χ1n) is 8.06. The van der Waals surface area contributed by atoms with Crippen molar-refractivity contribution in [2.75, 3.05) is 36.4 Å². The molecule has 1 saturated heterocycles. The monoisotopic (exact) mass is 412 g/mol. The first-order valence-corrected chi connectivity index (χ1v) is 9.67. The van der Waals surface area contributed by atoms with E-state index in [4.69, 9.17) is 11.5 Å². The number of nitrogen functional groups attached to an aromatic ring is 1. The quantitative estimate of drug-likeness (QED) is 0.633. The van der Waals surface area contributed by atoms with Gasteiger partial charge in [0, 0.05) is 37.7 Å². The van der Waals surface area contributed by atoms with E-state index in [1.165, 1.54) is 0 Å². The number of sulfonamides is 1. The first-order chi connectivity index (χ1) is 10.9.